The molecular formula is C23H28N4O+2. The number of anilines is 1. The van der Waals surface area contributed by atoms with E-state index < -0.39 is 0 Å². The second-order valence-electron chi connectivity index (χ2n) is 7.61. The normalized spacial score (nSPS) is 15.6. The van der Waals surface area contributed by atoms with Gasteiger partial charge in [-0.1, -0.05) is 42.5 Å². The van der Waals surface area contributed by atoms with Crippen molar-refractivity contribution in [2.75, 3.05) is 44.7 Å². The van der Waals surface area contributed by atoms with E-state index in [1.807, 2.05) is 23.2 Å². The molecule has 5 nitrogen and oxygen atoms in total. The molecule has 2 aromatic carbocycles. The molecule has 144 valence electrons. The average Bonchev–Trinajstić information content (AvgIpc) is 2.74. The monoisotopic (exact) mass is 376 g/mol. The number of piperazine rings is 1. The van der Waals surface area contributed by atoms with Gasteiger partial charge < -0.3 is 9.80 Å². The third kappa shape index (κ3) is 4.31. The molecule has 0 spiro atoms. The molecule has 1 fully saturated rings. The van der Waals surface area contributed by atoms with Crippen LogP contribution in [0, 0.1) is 0 Å². The Balaban J connectivity index is 1.29. The van der Waals surface area contributed by atoms with Crippen LogP contribution in [0.15, 0.2) is 66.9 Å². The zero-order chi connectivity index (χ0) is 19.3. The van der Waals surface area contributed by atoms with Crippen LogP contribution in [0.3, 0.4) is 0 Å². The van der Waals surface area contributed by atoms with Crippen LogP contribution in [-0.4, -0.2) is 50.6 Å². The predicted octanol–water partition coefficient (Wildman–Crippen LogP) is 1.02. The molecule has 1 unspecified atom stereocenters. The summed E-state index contributed by atoms with van der Waals surface area (Å²) in [6.07, 6.45) is 1.94. The van der Waals surface area contributed by atoms with Gasteiger partial charge in [0, 0.05) is 11.6 Å². The van der Waals surface area contributed by atoms with Gasteiger partial charge in [0.25, 0.3) is 11.7 Å². The first-order chi connectivity index (χ1) is 13.7. The molecule has 1 atom stereocenters. The quantitative estimate of drug-likeness (QED) is 0.722. The van der Waals surface area contributed by atoms with Crippen LogP contribution >= 0.6 is 0 Å². The highest BCUT2D eigenvalue weighted by molar-refractivity contribution is 5.83. The lowest BCUT2D eigenvalue weighted by Crippen LogP contribution is -3.09. The van der Waals surface area contributed by atoms with Crippen molar-refractivity contribution >= 4 is 22.5 Å². The van der Waals surface area contributed by atoms with E-state index in [4.69, 9.17) is 0 Å². The highest BCUT2D eigenvalue weighted by Crippen LogP contribution is 2.15. The average molecular weight is 377 g/mol. The largest absolute Gasteiger partial charge is 0.330 e. The maximum absolute atomic E-state index is 12.7. The minimum atomic E-state index is 0.245. The van der Waals surface area contributed by atoms with Crippen LogP contribution in [0.1, 0.15) is 5.56 Å². The number of aromatic nitrogens is 1. The van der Waals surface area contributed by atoms with Crippen molar-refractivity contribution in [3.63, 3.8) is 0 Å². The summed E-state index contributed by atoms with van der Waals surface area (Å²) in [5.74, 6) is 1.36. The van der Waals surface area contributed by atoms with Crippen molar-refractivity contribution in [1.82, 2.24) is 4.90 Å². The van der Waals surface area contributed by atoms with E-state index in [1.54, 1.807) is 0 Å². The predicted molar refractivity (Wildman–Crippen MR) is 111 cm³/mol. The summed E-state index contributed by atoms with van der Waals surface area (Å²) in [5.41, 5.74) is 1.27. The number of rotatable bonds is 5. The highest BCUT2D eigenvalue weighted by Gasteiger charge is 2.27. The Bertz CT molecular complexity index is 935. The van der Waals surface area contributed by atoms with Crippen LogP contribution < -0.4 is 14.8 Å². The lowest BCUT2D eigenvalue weighted by atomic mass is 10.1. The van der Waals surface area contributed by atoms with Gasteiger partial charge in [-0.2, -0.15) is 0 Å². The second-order valence-corrected chi connectivity index (χ2v) is 7.61. The first-order valence-electron chi connectivity index (χ1n) is 9.97. The molecular weight excluding hydrogens is 348 g/mol. The lowest BCUT2D eigenvalue weighted by Gasteiger charge is -2.31. The maximum atomic E-state index is 12.7. The van der Waals surface area contributed by atoms with Gasteiger partial charge in [-0.25, -0.2) is 4.98 Å². The number of H-pyrrole nitrogens is 1. The van der Waals surface area contributed by atoms with Crippen LogP contribution in [0.2, 0.25) is 0 Å². The molecule has 3 aromatic rings. The van der Waals surface area contributed by atoms with Gasteiger partial charge in [0.15, 0.2) is 6.54 Å². The fourth-order valence-corrected chi connectivity index (χ4v) is 3.91. The van der Waals surface area contributed by atoms with Gasteiger partial charge in [0.05, 0.1) is 26.3 Å². The molecule has 1 saturated heterocycles. The highest BCUT2D eigenvalue weighted by atomic mass is 16.2. The fraction of sp³-hybridized carbons (Fsp3) is 0.304. The van der Waals surface area contributed by atoms with E-state index in [1.165, 1.54) is 21.2 Å². The van der Waals surface area contributed by atoms with Crippen molar-refractivity contribution in [2.45, 2.75) is 6.54 Å². The van der Waals surface area contributed by atoms with Gasteiger partial charge >= 0.3 is 0 Å². The molecule has 2 heterocycles. The van der Waals surface area contributed by atoms with Crippen LogP contribution in [0.25, 0.3) is 10.8 Å². The van der Waals surface area contributed by atoms with E-state index in [9.17, 15) is 4.79 Å². The first-order valence-corrected chi connectivity index (χ1v) is 9.97. The Morgan fingerprint density at radius 1 is 0.964 bits per heavy atom. The fourth-order valence-electron chi connectivity index (χ4n) is 3.91. The second kappa shape index (κ2) is 8.40. The molecule has 1 aromatic heterocycles. The molecule has 4 rings (SSSR count). The smallest absolute Gasteiger partial charge is 0.278 e. The molecule has 2 N–H and O–H groups in total. The van der Waals surface area contributed by atoms with Crippen molar-refractivity contribution < 1.29 is 14.7 Å². The number of hydrogen-bond acceptors (Lipinski definition) is 2. The Morgan fingerprint density at radius 2 is 1.71 bits per heavy atom. The number of carbonyl (C=O) groups is 1. The maximum Gasteiger partial charge on any atom is 0.278 e. The van der Waals surface area contributed by atoms with Gasteiger partial charge in [0.2, 0.25) is 0 Å². The third-order valence-corrected chi connectivity index (χ3v) is 5.44. The summed E-state index contributed by atoms with van der Waals surface area (Å²) in [6.45, 7) is 4.70. The Morgan fingerprint density at radius 3 is 2.46 bits per heavy atom. The molecule has 0 aliphatic carbocycles. The zero-order valence-corrected chi connectivity index (χ0v) is 16.4. The number of pyridine rings is 1. The van der Waals surface area contributed by atoms with E-state index >= 15 is 0 Å². The standard InChI is InChI=1S/C23H26N4O/c1-25(17-19-9-10-20-6-2-3-7-21(20)16-19)18-23(28)27-14-12-26(13-15-27)22-8-4-5-11-24-22/h2-11,16H,12-15,17-18H2,1H3/p+2. The molecule has 28 heavy (non-hydrogen) atoms. The number of nitrogens with zero attached hydrogens (tertiary/aromatic N) is 2. The number of fused-ring (bicyclic) bond motifs is 1. The van der Waals surface area contributed by atoms with E-state index in [0.29, 0.717) is 6.54 Å². The number of nitrogens with one attached hydrogen (secondary N) is 2. The third-order valence-electron chi connectivity index (χ3n) is 5.44. The summed E-state index contributed by atoms with van der Waals surface area (Å²) in [7, 11) is 2.10. The number of hydrogen-bond donors (Lipinski definition) is 1. The summed E-state index contributed by atoms with van der Waals surface area (Å²) in [6, 6.07) is 21.1. The van der Waals surface area contributed by atoms with E-state index in [2.05, 4.69) is 65.5 Å². The number of aromatic amines is 1. The first kappa shape index (κ1) is 18.4. The summed E-state index contributed by atoms with van der Waals surface area (Å²) in [4.78, 5) is 21.5. The molecule has 0 radical (unpaired) electrons. The number of amides is 1. The molecule has 1 aliphatic rings. The van der Waals surface area contributed by atoms with E-state index in [-0.39, 0.29) is 5.91 Å². The number of quaternary nitrogens is 1. The minimum Gasteiger partial charge on any atom is -0.330 e. The van der Waals surface area contributed by atoms with Gasteiger partial charge in [-0.15, -0.1) is 0 Å². The lowest BCUT2D eigenvalue weighted by molar-refractivity contribution is -0.885. The van der Waals surface area contributed by atoms with Gasteiger partial charge in [-0.05, 0) is 22.9 Å². The molecule has 5 heteroatoms. The molecule has 0 bridgehead atoms. The van der Waals surface area contributed by atoms with Crippen molar-refractivity contribution in [2.24, 2.45) is 0 Å². The molecule has 1 amide bonds. The van der Waals surface area contributed by atoms with E-state index in [0.717, 1.165) is 38.5 Å². The Kier molecular flexibility index (Phi) is 5.53. The Hall–Kier alpha value is -2.92. The minimum absolute atomic E-state index is 0.245. The van der Waals surface area contributed by atoms with Crippen LogP contribution in [0.4, 0.5) is 5.82 Å². The molecule has 0 saturated carbocycles. The number of likely N-dealkylation sites (N-methyl/N-ethyl adjacent to an activating group) is 1. The Labute approximate surface area is 166 Å². The van der Waals surface area contributed by atoms with Gasteiger partial charge in [-0.3, -0.25) is 9.69 Å². The topological polar surface area (TPSA) is 42.1 Å². The number of carbonyl (C=O) groups excluding carboxylic acids is 1. The SMILES string of the molecule is C[NH+](CC(=O)N1CCN(c2cccc[nH+]2)CC1)Cc1ccc2ccccc2c1. The van der Waals surface area contributed by atoms with Crippen LogP contribution in [0.5, 0.6) is 0 Å². The summed E-state index contributed by atoms with van der Waals surface area (Å²) >= 11 is 0. The van der Waals surface area contributed by atoms with Crippen molar-refractivity contribution in [3.8, 4) is 0 Å². The molecule has 1 aliphatic heterocycles. The van der Waals surface area contributed by atoms with Gasteiger partial charge in [0.1, 0.15) is 19.6 Å². The van der Waals surface area contributed by atoms with Crippen LogP contribution in [-0.2, 0) is 11.3 Å². The van der Waals surface area contributed by atoms with Crippen molar-refractivity contribution in [3.05, 3.63) is 72.4 Å². The zero-order valence-electron chi connectivity index (χ0n) is 16.4. The number of benzene rings is 2. The summed E-state index contributed by atoms with van der Waals surface area (Å²) in [5, 5.41) is 2.52. The summed E-state index contributed by atoms with van der Waals surface area (Å²) < 4.78 is 0. The van der Waals surface area contributed by atoms with Crippen molar-refractivity contribution in [1.29, 1.82) is 0 Å².